The predicted molar refractivity (Wildman–Crippen MR) is 165 cm³/mol. The third-order valence-corrected chi connectivity index (χ3v) is 10.0. The van der Waals surface area contributed by atoms with E-state index in [0.717, 1.165) is 68.7 Å². The number of piperazine rings is 1. The fraction of sp³-hybridized carbons (Fsp3) is 0.467. The standard InChI is InChI=1S/C30H36F3N7O4S/c1-38(45(3,41)42)27-22-7-5-4-6-19(22)14-25(27)35-28-23(30(31,32)33)16-34-29(37-28)36-24-9-8-20(15-26(24)43-2)39-10-12-40(13-11-39)21-17-44-18-21/h4-9,15-16,21,25,27H,10-14,17-18H2,1-3H3,(H2,34,35,36,37)/t25-,27-/m1/s1. The minimum Gasteiger partial charge on any atom is -0.494 e. The fourth-order valence-corrected chi connectivity index (χ4v) is 6.85. The molecule has 6 rings (SSSR count). The smallest absolute Gasteiger partial charge is 0.421 e. The molecule has 2 N–H and O–H groups in total. The van der Waals surface area contributed by atoms with E-state index in [9.17, 15) is 21.6 Å². The number of fused-ring (bicyclic) bond motifs is 1. The van der Waals surface area contributed by atoms with Crippen molar-refractivity contribution in [3.05, 3.63) is 65.4 Å². The average molecular weight is 648 g/mol. The molecule has 1 aliphatic carbocycles. The molecule has 0 saturated carbocycles. The topological polar surface area (TPSA) is 112 Å². The Hall–Kier alpha value is -3.66. The van der Waals surface area contributed by atoms with Crippen LogP contribution >= 0.6 is 0 Å². The van der Waals surface area contributed by atoms with Crippen LogP contribution in [0.2, 0.25) is 0 Å². The number of halogens is 3. The number of nitrogens with zero attached hydrogens (tertiary/aromatic N) is 5. The largest absolute Gasteiger partial charge is 0.494 e. The lowest BCUT2D eigenvalue weighted by atomic mass is 10.1. The summed E-state index contributed by atoms with van der Waals surface area (Å²) in [5.74, 6) is -0.0344. The first kappa shape index (κ1) is 31.3. The minimum absolute atomic E-state index is 0.0728. The zero-order chi connectivity index (χ0) is 31.9. The molecule has 0 spiro atoms. The lowest BCUT2D eigenvalue weighted by Crippen LogP contribution is -2.56. The molecule has 0 radical (unpaired) electrons. The lowest BCUT2D eigenvalue weighted by Gasteiger charge is -2.43. The van der Waals surface area contributed by atoms with E-state index in [1.54, 1.807) is 18.2 Å². The molecule has 15 heteroatoms. The molecule has 3 heterocycles. The van der Waals surface area contributed by atoms with E-state index in [0.29, 0.717) is 23.9 Å². The summed E-state index contributed by atoms with van der Waals surface area (Å²) in [7, 11) is -0.718. The zero-order valence-corrected chi connectivity index (χ0v) is 26.0. The maximum atomic E-state index is 14.1. The van der Waals surface area contributed by atoms with Crippen LogP contribution in [0.25, 0.3) is 0 Å². The first-order chi connectivity index (χ1) is 21.4. The van der Waals surface area contributed by atoms with E-state index in [1.807, 2.05) is 24.3 Å². The Morgan fingerprint density at radius 2 is 1.82 bits per heavy atom. The van der Waals surface area contributed by atoms with Gasteiger partial charge < -0.3 is 25.0 Å². The second kappa shape index (κ2) is 12.3. The molecule has 1 aromatic heterocycles. The van der Waals surface area contributed by atoms with Crippen LogP contribution in [-0.2, 0) is 27.4 Å². The average Bonchev–Trinajstić information content (AvgIpc) is 3.33. The number of rotatable bonds is 9. The van der Waals surface area contributed by atoms with Gasteiger partial charge in [-0.1, -0.05) is 24.3 Å². The van der Waals surface area contributed by atoms with Gasteiger partial charge in [0.25, 0.3) is 0 Å². The van der Waals surface area contributed by atoms with Crippen molar-refractivity contribution in [3.8, 4) is 5.75 Å². The third-order valence-electron chi connectivity index (χ3n) is 8.77. The van der Waals surface area contributed by atoms with Gasteiger partial charge in [-0.3, -0.25) is 4.90 Å². The van der Waals surface area contributed by atoms with E-state index < -0.39 is 39.7 Å². The Balaban J connectivity index is 1.24. The Morgan fingerprint density at radius 3 is 2.47 bits per heavy atom. The highest BCUT2D eigenvalue weighted by atomic mass is 32.2. The summed E-state index contributed by atoms with van der Waals surface area (Å²) in [6, 6.07) is 11.9. The van der Waals surface area contributed by atoms with Gasteiger partial charge in [-0.25, -0.2) is 13.4 Å². The second-order valence-electron chi connectivity index (χ2n) is 11.6. The summed E-state index contributed by atoms with van der Waals surface area (Å²) in [4.78, 5) is 12.9. The first-order valence-electron chi connectivity index (χ1n) is 14.7. The molecule has 2 aromatic carbocycles. The maximum absolute atomic E-state index is 14.1. The van der Waals surface area contributed by atoms with Gasteiger partial charge in [0, 0.05) is 51.2 Å². The van der Waals surface area contributed by atoms with Crippen molar-refractivity contribution in [2.45, 2.75) is 30.7 Å². The molecule has 0 unspecified atom stereocenters. The number of ether oxygens (including phenoxy) is 2. The summed E-state index contributed by atoms with van der Waals surface area (Å²) in [5.41, 5.74) is 1.98. The van der Waals surface area contributed by atoms with Crippen molar-refractivity contribution in [2.75, 3.05) is 75.3 Å². The molecule has 0 bridgehead atoms. The van der Waals surface area contributed by atoms with Gasteiger partial charge in [0.2, 0.25) is 16.0 Å². The highest BCUT2D eigenvalue weighted by Crippen LogP contribution is 2.41. The molecule has 2 aliphatic heterocycles. The lowest BCUT2D eigenvalue weighted by molar-refractivity contribution is -0.137. The Bertz CT molecular complexity index is 1650. The third kappa shape index (κ3) is 6.52. The SMILES string of the molecule is COc1cc(N2CCN(C3COC3)CC2)ccc1Nc1ncc(C(F)(F)F)c(N[C@@H]2Cc3ccccc3[C@H]2N(C)S(C)(=O)=O)n1. The van der Waals surface area contributed by atoms with Crippen LogP contribution in [0.5, 0.6) is 5.75 Å². The van der Waals surface area contributed by atoms with Gasteiger partial charge in [0.1, 0.15) is 17.1 Å². The van der Waals surface area contributed by atoms with Crippen molar-refractivity contribution < 1.29 is 31.1 Å². The van der Waals surface area contributed by atoms with Crippen molar-refractivity contribution in [1.82, 2.24) is 19.2 Å². The van der Waals surface area contributed by atoms with Crippen LogP contribution in [0.1, 0.15) is 22.7 Å². The number of benzene rings is 2. The highest BCUT2D eigenvalue weighted by molar-refractivity contribution is 7.88. The van der Waals surface area contributed by atoms with Crippen molar-refractivity contribution >= 4 is 33.2 Å². The Morgan fingerprint density at radius 1 is 1.09 bits per heavy atom. The van der Waals surface area contributed by atoms with Crippen molar-refractivity contribution in [3.63, 3.8) is 0 Å². The number of anilines is 4. The molecule has 45 heavy (non-hydrogen) atoms. The van der Waals surface area contributed by atoms with Crippen molar-refractivity contribution in [1.29, 1.82) is 0 Å². The van der Waals surface area contributed by atoms with E-state index in [1.165, 1.54) is 18.5 Å². The van der Waals surface area contributed by atoms with Crippen LogP contribution in [0.4, 0.5) is 36.3 Å². The predicted octanol–water partition coefficient (Wildman–Crippen LogP) is 3.74. The number of nitrogens with one attached hydrogen (secondary N) is 2. The zero-order valence-electron chi connectivity index (χ0n) is 25.2. The summed E-state index contributed by atoms with van der Waals surface area (Å²) < 4.78 is 79.6. The number of sulfonamides is 1. The number of alkyl halides is 3. The molecule has 3 aliphatic rings. The van der Waals surface area contributed by atoms with Gasteiger partial charge in [-0.15, -0.1) is 0 Å². The maximum Gasteiger partial charge on any atom is 0.421 e. The number of hydrogen-bond acceptors (Lipinski definition) is 10. The summed E-state index contributed by atoms with van der Waals surface area (Å²) >= 11 is 0. The molecule has 242 valence electrons. The fourth-order valence-electron chi connectivity index (χ4n) is 6.17. The quantitative estimate of drug-likeness (QED) is 0.357. The molecule has 2 atom stereocenters. The first-order valence-corrected chi connectivity index (χ1v) is 16.5. The molecule has 2 saturated heterocycles. The molecule has 3 aromatic rings. The van der Waals surface area contributed by atoms with E-state index in [4.69, 9.17) is 9.47 Å². The van der Waals surface area contributed by atoms with Gasteiger partial charge in [-0.05, 0) is 29.7 Å². The van der Waals surface area contributed by atoms with Crippen LogP contribution < -0.4 is 20.3 Å². The summed E-state index contributed by atoms with van der Waals surface area (Å²) in [5, 5.41) is 5.93. The number of aromatic nitrogens is 2. The summed E-state index contributed by atoms with van der Waals surface area (Å²) in [6.45, 7) is 5.12. The Labute approximate surface area is 260 Å². The second-order valence-corrected chi connectivity index (χ2v) is 13.6. The van der Waals surface area contributed by atoms with Crippen molar-refractivity contribution in [2.24, 2.45) is 0 Å². The van der Waals surface area contributed by atoms with E-state index in [-0.39, 0.29) is 5.95 Å². The molecular formula is C30H36F3N7O4S. The summed E-state index contributed by atoms with van der Waals surface area (Å²) in [6.07, 6.45) is -2.65. The van der Waals surface area contributed by atoms with Gasteiger partial charge in [-0.2, -0.15) is 22.5 Å². The normalized spacial score (nSPS) is 21.0. The highest BCUT2D eigenvalue weighted by Gasteiger charge is 2.41. The number of likely N-dealkylation sites (N-methyl/N-ethyl adjacent to an activating group) is 1. The molecule has 11 nitrogen and oxygen atoms in total. The van der Waals surface area contributed by atoms with E-state index >= 15 is 0 Å². The number of methoxy groups -OCH3 is 1. The number of hydrogen-bond donors (Lipinski definition) is 2. The van der Waals surface area contributed by atoms with Crippen LogP contribution in [0.3, 0.4) is 0 Å². The van der Waals surface area contributed by atoms with Gasteiger partial charge in [0.05, 0.1) is 50.4 Å². The molecule has 2 fully saturated rings. The van der Waals surface area contributed by atoms with E-state index in [2.05, 4.69) is 30.4 Å². The van der Waals surface area contributed by atoms with Gasteiger partial charge in [0.15, 0.2) is 0 Å². The monoisotopic (exact) mass is 647 g/mol. The van der Waals surface area contributed by atoms with Crippen LogP contribution in [-0.4, -0.2) is 99.5 Å². The van der Waals surface area contributed by atoms with Crippen LogP contribution in [0.15, 0.2) is 48.7 Å². The molecular weight excluding hydrogens is 611 g/mol. The van der Waals surface area contributed by atoms with Crippen LogP contribution in [0, 0.1) is 0 Å². The minimum atomic E-state index is -4.75. The van der Waals surface area contributed by atoms with Gasteiger partial charge >= 0.3 is 6.18 Å². The molecule has 0 amide bonds. The Kier molecular flexibility index (Phi) is 8.54.